The molecule has 21 heavy (non-hydrogen) atoms. The van der Waals surface area contributed by atoms with Crippen LogP contribution in [0.5, 0.6) is 0 Å². The van der Waals surface area contributed by atoms with Crippen LogP contribution in [0.4, 0.5) is 5.69 Å². The fourth-order valence-electron chi connectivity index (χ4n) is 2.37. The van der Waals surface area contributed by atoms with Gasteiger partial charge in [-0.3, -0.25) is 4.79 Å². The largest absolute Gasteiger partial charge is 0.478 e. The highest BCUT2D eigenvalue weighted by molar-refractivity contribution is 9.10. The number of halogens is 1. The SMILES string of the molecule is O=C(O)/C(=C1/C(=O)Nc2ccc(Br)cc21)c1ccccc1. The number of amides is 1. The van der Waals surface area contributed by atoms with Gasteiger partial charge in [-0.25, -0.2) is 4.79 Å². The molecule has 1 aliphatic rings. The van der Waals surface area contributed by atoms with Gasteiger partial charge in [-0.15, -0.1) is 0 Å². The Morgan fingerprint density at radius 3 is 2.48 bits per heavy atom. The molecule has 0 fully saturated rings. The molecule has 0 radical (unpaired) electrons. The highest BCUT2D eigenvalue weighted by Crippen LogP contribution is 2.38. The molecule has 0 bridgehead atoms. The Kier molecular flexibility index (Phi) is 3.35. The molecule has 0 saturated carbocycles. The molecule has 4 nitrogen and oxygen atoms in total. The van der Waals surface area contributed by atoms with Crippen molar-refractivity contribution in [3.8, 4) is 0 Å². The van der Waals surface area contributed by atoms with Gasteiger partial charge in [0.2, 0.25) is 0 Å². The van der Waals surface area contributed by atoms with E-state index >= 15 is 0 Å². The fraction of sp³-hybridized carbons (Fsp3) is 0. The Hall–Kier alpha value is -2.40. The van der Waals surface area contributed by atoms with Gasteiger partial charge >= 0.3 is 5.97 Å². The lowest BCUT2D eigenvalue weighted by atomic mass is 9.95. The first kappa shape index (κ1) is 13.6. The zero-order chi connectivity index (χ0) is 15.0. The molecule has 1 aliphatic heterocycles. The van der Waals surface area contributed by atoms with Crippen LogP contribution in [0.25, 0.3) is 11.1 Å². The van der Waals surface area contributed by atoms with Crippen molar-refractivity contribution in [2.45, 2.75) is 0 Å². The van der Waals surface area contributed by atoms with Crippen LogP contribution in [-0.2, 0) is 9.59 Å². The van der Waals surface area contributed by atoms with Crippen LogP contribution in [0, 0.1) is 0 Å². The van der Waals surface area contributed by atoms with Gasteiger partial charge in [-0.2, -0.15) is 0 Å². The molecule has 5 heteroatoms. The molecule has 1 heterocycles. The van der Waals surface area contributed by atoms with E-state index in [1.165, 1.54) is 0 Å². The smallest absolute Gasteiger partial charge is 0.337 e. The normalized spacial score (nSPS) is 15.4. The van der Waals surface area contributed by atoms with Crippen LogP contribution in [0.15, 0.2) is 53.0 Å². The number of hydrogen-bond acceptors (Lipinski definition) is 2. The standard InChI is InChI=1S/C16H10BrNO3/c17-10-6-7-12-11(8-10)14(15(19)18-12)13(16(20)21)9-4-2-1-3-5-9/h1-8H,(H,18,19)(H,20,21)/b14-13+. The Balaban J connectivity index is 2.31. The van der Waals surface area contributed by atoms with E-state index in [0.717, 1.165) is 4.47 Å². The second-order valence-electron chi connectivity index (χ2n) is 4.57. The highest BCUT2D eigenvalue weighted by atomic mass is 79.9. The highest BCUT2D eigenvalue weighted by Gasteiger charge is 2.30. The third-order valence-corrected chi connectivity index (χ3v) is 3.75. The predicted octanol–water partition coefficient (Wildman–Crippen LogP) is 3.40. The molecule has 0 spiro atoms. The number of benzene rings is 2. The maximum Gasteiger partial charge on any atom is 0.337 e. The molecule has 2 N–H and O–H groups in total. The second kappa shape index (κ2) is 5.18. The predicted molar refractivity (Wildman–Crippen MR) is 83.7 cm³/mol. The van der Waals surface area contributed by atoms with Gasteiger partial charge in [0.1, 0.15) is 0 Å². The van der Waals surface area contributed by atoms with Crippen LogP contribution in [0.1, 0.15) is 11.1 Å². The second-order valence-corrected chi connectivity index (χ2v) is 5.48. The lowest BCUT2D eigenvalue weighted by Crippen LogP contribution is -2.10. The number of hydrogen-bond donors (Lipinski definition) is 2. The van der Waals surface area contributed by atoms with Crippen molar-refractivity contribution in [1.29, 1.82) is 0 Å². The van der Waals surface area contributed by atoms with Crippen LogP contribution >= 0.6 is 15.9 Å². The summed E-state index contributed by atoms with van der Waals surface area (Å²) in [6, 6.07) is 13.9. The van der Waals surface area contributed by atoms with Crippen LogP contribution in [-0.4, -0.2) is 17.0 Å². The number of carbonyl (C=O) groups excluding carboxylic acids is 1. The van der Waals surface area contributed by atoms with Gasteiger partial charge < -0.3 is 10.4 Å². The van der Waals surface area contributed by atoms with E-state index in [2.05, 4.69) is 21.2 Å². The summed E-state index contributed by atoms with van der Waals surface area (Å²) in [4.78, 5) is 23.9. The molecule has 0 aliphatic carbocycles. The number of fused-ring (bicyclic) bond motifs is 1. The van der Waals surface area contributed by atoms with E-state index in [0.29, 0.717) is 16.8 Å². The first-order valence-corrected chi connectivity index (χ1v) is 7.01. The molecule has 3 rings (SSSR count). The molecule has 0 atom stereocenters. The maximum absolute atomic E-state index is 12.2. The fourth-order valence-corrected chi connectivity index (χ4v) is 2.73. The Bertz CT molecular complexity index is 781. The minimum Gasteiger partial charge on any atom is -0.478 e. The van der Waals surface area contributed by atoms with Crippen molar-refractivity contribution in [3.05, 3.63) is 64.1 Å². The van der Waals surface area contributed by atoms with Gasteiger partial charge in [0.25, 0.3) is 5.91 Å². The lowest BCUT2D eigenvalue weighted by molar-refractivity contribution is -0.130. The molecular weight excluding hydrogens is 334 g/mol. The number of aliphatic carboxylic acids is 1. The third-order valence-electron chi connectivity index (χ3n) is 3.25. The first-order chi connectivity index (χ1) is 10.1. The van der Waals surface area contributed by atoms with E-state index in [1.807, 2.05) is 0 Å². The summed E-state index contributed by atoms with van der Waals surface area (Å²) in [7, 11) is 0. The topological polar surface area (TPSA) is 66.4 Å². The van der Waals surface area contributed by atoms with Crippen molar-refractivity contribution in [2.75, 3.05) is 5.32 Å². The Morgan fingerprint density at radius 1 is 1.10 bits per heavy atom. The van der Waals surface area contributed by atoms with Crippen LogP contribution in [0.3, 0.4) is 0 Å². The monoisotopic (exact) mass is 343 g/mol. The van der Waals surface area contributed by atoms with Crippen molar-refractivity contribution in [3.63, 3.8) is 0 Å². The minimum atomic E-state index is -1.13. The number of nitrogens with one attached hydrogen (secondary N) is 1. The average molecular weight is 344 g/mol. The Labute approximate surface area is 129 Å². The number of anilines is 1. The molecule has 0 aromatic heterocycles. The van der Waals surface area contributed by atoms with Crippen LogP contribution < -0.4 is 5.32 Å². The molecule has 0 unspecified atom stereocenters. The van der Waals surface area contributed by atoms with E-state index < -0.39 is 11.9 Å². The van der Waals surface area contributed by atoms with E-state index in [-0.39, 0.29) is 11.1 Å². The lowest BCUT2D eigenvalue weighted by Gasteiger charge is -2.07. The van der Waals surface area contributed by atoms with Gasteiger partial charge in [0, 0.05) is 15.7 Å². The first-order valence-electron chi connectivity index (χ1n) is 6.22. The number of rotatable bonds is 2. The summed E-state index contributed by atoms with van der Waals surface area (Å²) >= 11 is 3.35. The van der Waals surface area contributed by atoms with Crippen LogP contribution in [0.2, 0.25) is 0 Å². The molecule has 104 valence electrons. The van der Waals surface area contributed by atoms with Crippen molar-refractivity contribution in [1.82, 2.24) is 0 Å². The maximum atomic E-state index is 12.2. The number of carboxylic acid groups (broad SMARTS) is 1. The Morgan fingerprint density at radius 2 is 1.81 bits per heavy atom. The number of carbonyl (C=O) groups is 2. The quantitative estimate of drug-likeness (QED) is 0.821. The van der Waals surface area contributed by atoms with Crippen molar-refractivity contribution >= 4 is 44.6 Å². The van der Waals surface area contributed by atoms with Gasteiger partial charge in [-0.05, 0) is 23.8 Å². The molecular formula is C16H10BrNO3. The summed E-state index contributed by atoms with van der Waals surface area (Å²) in [5, 5.41) is 12.2. The van der Waals surface area contributed by atoms with Crippen molar-refractivity contribution < 1.29 is 14.7 Å². The summed E-state index contributed by atoms with van der Waals surface area (Å²) in [6.45, 7) is 0. The van der Waals surface area contributed by atoms with Gasteiger partial charge in [-0.1, -0.05) is 46.3 Å². The summed E-state index contributed by atoms with van der Waals surface area (Å²) in [5.74, 6) is -1.52. The van der Waals surface area contributed by atoms with Gasteiger partial charge in [0.15, 0.2) is 0 Å². The number of carboxylic acids is 1. The van der Waals surface area contributed by atoms with Crippen molar-refractivity contribution in [2.24, 2.45) is 0 Å². The summed E-state index contributed by atoms with van der Waals surface area (Å²) in [6.07, 6.45) is 0. The van der Waals surface area contributed by atoms with E-state index in [1.54, 1.807) is 48.5 Å². The zero-order valence-electron chi connectivity index (χ0n) is 10.8. The summed E-state index contributed by atoms with van der Waals surface area (Å²) in [5.41, 5.74) is 1.90. The van der Waals surface area contributed by atoms with E-state index in [4.69, 9.17) is 0 Å². The van der Waals surface area contributed by atoms with E-state index in [9.17, 15) is 14.7 Å². The zero-order valence-corrected chi connectivity index (χ0v) is 12.3. The molecule has 1 amide bonds. The minimum absolute atomic E-state index is 0.00458. The molecule has 2 aromatic rings. The average Bonchev–Trinajstić information content (AvgIpc) is 2.77. The molecule has 2 aromatic carbocycles. The molecule has 0 saturated heterocycles. The summed E-state index contributed by atoms with van der Waals surface area (Å²) < 4.78 is 0.785. The third kappa shape index (κ3) is 2.36. The van der Waals surface area contributed by atoms with Gasteiger partial charge in [0.05, 0.1) is 11.1 Å².